The van der Waals surface area contributed by atoms with Gasteiger partial charge in [0.15, 0.2) is 0 Å². The van der Waals surface area contributed by atoms with E-state index in [-0.39, 0.29) is 6.61 Å². The lowest BCUT2D eigenvalue weighted by Gasteiger charge is -2.16. The fourth-order valence-corrected chi connectivity index (χ4v) is 4.50. The highest BCUT2D eigenvalue weighted by molar-refractivity contribution is 7.89. The lowest BCUT2D eigenvalue weighted by Crippen LogP contribution is -2.29. The number of hydrogen-bond acceptors (Lipinski definition) is 4. The average molecular weight is 275 g/mol. The SMILES string of the molecule is Cc1sc(CO)cc1S(=O)(=O)N(C)CC1CC1. The Hall–Kier alpha value is -0.430. The lowest BCUT2D eigenvalue weighted by molar-refractivity contribution is 0.285. The van der Waals surface area contributed by atoms with Crippen LogP contribution >= 0.6 is 11.3 Å². The first-order chi connectivity index (χ1) is 7.95. The highest BCUT2D eigenvalue weighted by atomic mass is 32.2. The van der Waals surface area contributed by atoms with Crippen LogP contribution in [0.15, 0.2) is 11.0 Å². The van der Waals surface area contributed by atoms with E-state index in [9.17, 15) is 8.42 Å². The van der Waals surface area contributed by atoms with Gasteiger partial charge in [0.05, 0.1) is 11.5 Å². The molecule has 0 aliphatic heterocycles. The third-order valence-corrected chi connectivity index (χ3v) is 6.09. The van der Waals surface area contributed by atoms with E-state index in [4.69, 9.17) is 5.11 Å². The third-order valence-electron chi connectivity index (χ3n) is 2.98. The van der Waals surface area contributed by atoms with Crippen molar-refractivity contribution in [3.63, 3.8) is 0 Å². The first-order valence-corrected chi connectivity index (χ1v) is 7.87. The standard InChI is InChI=1S/C11H17NO3S2/c1-8-11(5-10(7-13)16-8)17(14,15)12(2)6-9-3-4-9/h5,9,13H,3-4,6-7H2,1-2H3. The first kappa shape index (κ1) is 13.0. The van der Waals surface area contributed by atoms with Crippen molar-refractivity contribution in [1.82, 2.24) is 4.31 Å². The highest BCUT2D eigenvalue weighted by Crippen LogP contribution is 2.33. The van der Waals surface area contributed by atoms with Gasteiger partial charge in [0.25, 0.3) is 0 Å². The van der Waals surface area contributed by atoms with Gasteiger partial charge in [-0.2, -0.15) is 0 Å². The molecule has 0 aromatic carbocycles. The molecule has 17 heavy (non-hydrogen) atoms. The fraction of sp³-hybridized carbons (Fsp3) is 0.636. The fourth-order valence-electron chi connectivity index (χ4n) is 1.79. The maximum Gasteiger partial charge on any atom is 0.243 e. The van der Waals surface area contributed by atoms with Crippen LogP contribution in [0.5, 0.6) is 0 Å². The van der Waals surface area contributed by atoms with E-state index in [1.807, 2.05) is 0 Å². The second kappa shape index (κ2) is 4.68. The summed E-state index contributed by atoms with van der Waals surface area (Å²) >= 11 is 1.34. The van der Waals surface area contributed by atoms with E-state index in [0.717, 1.165) is 17.7 Å². The molecule has 1 aromatic rings. The molecule has 0 radical (unpaired) electrons. The number of nitrogens with zero attached hydrogens (tertiary/aromatic N) is 1. The predicted molar refractivity (Wildman–Crippen MR) is 67.5 cm³/mol. The maximum atomic E-state index is 12.3. The Balaban J connectivity index is 2.25. The molecule has 0 amide bonds. The van der Waals surface area contributed by atoms with E-state index in [1.165, 1.54) is 15.6 Å². The minimum absolute atomic E-state index is 0.104. The zero-order valence-electron chi connectivity index (χ0n) is 10.0. The Bertz CT molecular complexity index is 503. The molecule has 1 aliphatic rings. The number of sulfonamides is 1. The quantitative estimate of drug-likeness (QED) is 0.887. The number of hydrogen-bond donors (Lipinski definition) is 1. The van der Waals surface area contributed by atoms with Crippen molar-refractivity contribution in [3.8, 4) is 0 Å². The molecule has 0 bridgehead atoms. The zero-order valence-corrected chi connectivity index (χ0v) is 11.6. The Morgan fingerprint density at radius 2 is 2.18 bits per heavy atom. The summed E-state index contributed by atoms with van der Waals surface area (Å²) in [6.45, 7) is 2.28. The van der Waals surface area contributed by atoms with Crippen molar-refractivity contribution >= 4 is 21.4 Å². The van der Waals surface area contributed by atoms with Crippen molar-refractivity contribution in [1.29, 1.82) is 0 Å². The molecule has 1 saturated carbocycles. The molecule has 0 unspecified atom stereocenters. The van der Waals surface area contributed by atoms with Crippen LogP contribution in [0.2, 0.25) is 0 Å². The maximum absolute atomic E-state index is 12.3. The van der Waals surface area contributed by atoms with Crippen molar-refractivity contribution in [2.45, 2.75) is 31.3 Å². The Morgan fingerprint density at radius 3 is 2.65 bits per heavy atom. The molecule has 1 fully saturated rings. The van der Waals surface area contributed by atoms with Crippen LogP contribution in [-0.2, 0) is 16.6 Å². The van der Waals surface area contributed by atoms with Gasteiger partial charge in [-0.1, -0.05) is 0 Å². The molecule has 0 atom stereocenters. The monoisotopic (exact) mass is 275 g/mol. The number of thiophene rings is 1. The van der Waals surface area contributed by atoms with E-state index in [2.05, 4.69) is 0 Å². The van der Waals surface area contributed by atoms with Crippen LogP contribution < -0.4 is 0 Å². The van der Waals surface area contributed by atoms with Crippen LogP contribution in [0.25, 0.3) is 0 Å². The van der Waals surface area contributed by atoms with Gasteiger partial charge in [-0.3, -0.25) is 0 Å². The minimum atomic E-state index is -3.38. The van der Waals surface area contributed by atoms with Gasteiger partial charge < -0.3 is 5.11 Å². The van der Waals surface area contributed by atoms with Crippen LogP contribution in [0.3, 0.4) is 0 Å². The summed E-state index contributed by atoms with van der Waals surface area (Å²) in [6, 6.07) is 1.58. The van der Waals surface area contributed by atoms with Crippen molar-refractivity contribution in [3.05, 3.63) is 15.8 Å². The molecule has 6 heteroatoms. The smallest absolute Gasteiger partial charge is 0.243 e. The molecule has 0 saturated heterocycles. The summed E-state index contributed by atoms with van der Waals surface area (Å²) in [5.41, 5.74) is 0. The number of aliphatic hydroxyl groups is 1. The predicted octanol–water partition coefficient (Wildman–Crippen LogP) is 1.58. The van der Waals surface area contributed by atoms with Crippen LogP contribution in [0.4, 0.5) is 0 Å². The minimum Gasteiger partial charge on any atom is -0.391 e. The Morgan fingerprint density at radius 1 is 1.53 bits per heavy atom. The Kier molecular flexibility index (Phi) is 3.58. The van der Waals surface area contributed by atoms with Gasteiger partial charge in [-0.05, 0) is 31.7 Å². The second-order valence-electron chi connectivity index (χ2n) is 4.52. The molecule has 96 valence electrons. The summed E-state index contributed by atoms with van der Waals surface area (Å²) in [5.74, 6) is 0.533. The summed E-state index contributed by atoms with van der Waals surface area (Å²) in [4.78, 5) is 1.78. The molecule has 4 nitrogen and oxygen atoms in total. The normalized spacial score (nSPS) is 16.7. The number of aliphatic hydroxyl groups excluding tert-OH is 1. The summed E-state index contributed by atoms with van der Waals surface area (Å²) < 4.78 is 26.0. The second-order valence-corrected chi connectivity index (χ2v) is 7.87. The van der Waals surface area contributed by atoms with E-state index in [0.29, 0.717) is 22.2 Å². The molecule has 1 aromatic heterocycles. The van der Waals surface area contributed by atoms with E-state index < -0.39 is 10.0 Å². The van der Waals surface area contributed by atoms with Gasteiger partial charge in [-0.25, -0.2) is 12.7 Å². The van der Waals surface area contributed by atoms with Gasteiger partial charge in [-0.15, -0.1) is 11.3 Å². The van der Waals surface area contributed by atoms with Crippen LogP contribution in [-0.4, -0.2) is 31.4 Å². The molecule has 1 heterocycles. The molecule has 0 spiro atoms. The third kappa shape index (κ3) is 2.70. The lowest BCUT2D eigenvalue weighted by atomic mass is 10.4. The van der Waals surface area contributed by atoms with Gasteiger partial charge >= 0.3 is 0 Å². The van der Waals surface area contributed by atoms with Crippen LogP contribution in [0.1, 0.15) is 22.6 Å². The van der Waals surface area contributed by atoms with Gasteiger partial charge in [0.2, 0.25) is 10.0 Å². The number of rotatable bonds is 5. The largest absolute Gasteiger partial charge is 0.391 e. The van der Waals surface area contributed by atoms with E-state index in [1.54, 1.807) is 20.0 Å². The Labute approximate surface area is 106 Å². The summed E-state index contributed by atoms with van der Waals surface area (Å²) in [6.07, 6.45) is 2.26. The molecule has 1 aliphatic carbocycles. The highest BCUT2D eigenvalue weighted by Gasteiger charge is 2.30. The molecule has 2 rings (SSSR count). The van der Waals surface area contributed by atoms with Crippen molar-refractivity contribution in [2.24, 2.45) is 5.92 Å². The molecular weight excluding hydrogens is 258 g/mol. The topological polar surface area (TPSA) is 57.6 Å². The number of aryl methyl sites for hydroxylation is 1. The average Bonchev–Trinajstić information content (AvgIpc) is 2.99. The van der Waals surface area contributed by atoms with Crippen LogP contribution in [0, 0.1) is 12.8 Å². The van der Waals surface area contributed by atoms with Gasteiger partial charge in [0, 0.05) is 23.3 Å². The van der Waals surface area contributed by atoms with Crippen molar-refractivity contribution in [2.75, 3.05) is 13.6 Å². The zero-order chi connectivity index (χ0) is 12.6. The van der Waals surface area contributed by atoms with Crippen molar-refractivity contribution < 1.29 is 13.5 Å². The van der Waals surface area contributed by atoms with Gasteiger partial charge in [0.1, 0.15) is 0 Å². The first-order valence-electron chi connectivity index (χ1n) is 5.61. The summed E-state index contributed by atoms with van der Waals surface area (Å²) in [5, 5.41) is 9.04. The summed E-state index contributed by atoms with van der Waals surface area (Å²) in [7, 11) is -1.75. The molecule has 1 N–H and O–H groups in total. The van der Waals surface area contributed by atoms with E-state index >= 15 is 0 Å². The molecular formula is C11H17NO3S2.